The molecule has 4 aliphatic carbocycles. The van der Waals surface area contributed by atoms with Crippen LogP contribution in [0.25, 0.3) is 0 Å². The third-order valence-electron chi connectivity index (χ3n) is 13.1. The fourth-order valence-corrected chi connectivity index (χ4v) is 10.9. The Hall–Kier alpha value is -1.79. The zero-order valence-electron chi connectivity index (χ0n) is 27.5. The van der Waals surface area contributed by atoms with E-state index >= 15 is 0 Å². The molecule has 0 bridgehead atoms. The van der Waals surface area contributed by atoms with Gasteiger partial charge in [-0.05, 0) is 112 Å². The van der Waals surface area contributed by atoms with Crippen molar-refractivity contribution in [2.24, 2.45) is 29.1 Å². The van der Waals surface area contributed by atoms with Crippen LogP contribution in [0.4, 0.5) is 0 Å². The average Bonchev–Trinajstić information content (AvgIpc) is 3.53. The summed E-state index contributed by atoms with van der Waals surface area (Å²) >= 11 is 0. The lowest BCUT2D eigenvalue weighted by atomic mass is 9.56. The summed E-state index contributed by atoms with van der Waals surface area (Å²) in [5.41, 5.74) is 6.29. The molecule has 1 aromatic carbocycles. The van der Waals surface area contributed by atoms with Gasteiger partial charge in [-0.25, -0.2) is 0 Å². The lowest BCUT2D eigenvalue weighted by Gasteiger charge is -2.48. The van der Waals surface area contributed by atoms with Crippen LogP contribution < -0.4 is 0 Å². The molecule has 0 N–H and O–H groups in total. The van der Waals surface area contributed by atoms with E-state index in [2.05, 4.69) is 49.9 Å². The predicted octanol–water partition coefficient (Wildman–Crippen LogP) is 7.69. The Morgan fingerprint density at radius 1 is 1.00 bits per heavy atom. The zero-order valence-corrected chi connectivity index (χ0v) is 27.5. The minimum atomic E-state index is -0.0356. The van der Waals surface area contributed by atoms with Crippen LogP contribution in [0.2, 0.25) is 0 Å². The SMILES string of the molecule is C/C1=C2\CC3C(CCC4=CC(=O)CCC43C)C2CCCC2(C1)OC1CCCN(CCOCCOCc3ccccc3)C1C2C. The molecular formula is C39H55NO4. The number of piperidine rings is 1. The Bertz CT molecular complexity index is 1260. The van der Waals surface area contributed by atoms with Crippen molar-refractivity contribution in [3.8, 4) is 0 Å². The van der Waals surface area contributed by atoms with Crippen LogP contribution in [0.3, 0.4) is 0 Å². The summed E-state index contributed by atoms with van der Waals surface area (Å²) in [7, 11) is 0. The monoisotopic (exact) mass is 601 g/mol. The molecule has 0 radical (unpaired) electrons. The molecule has 2 aliphatic heterocycles. The van der Waals surface area contributed by atoms with Gasteiger partial charge in [0.15, 0.2) is 5.78 Å². The van der Waals surface area contributed by atoms with Gasteiger partial charge >= 0.3 is 0 Å². The molecule has 6 aliphatic rings. The highest BCUT2D eigenvalue weighted by Crippen LogP contribution is 2.63. The molecule has 240 valence electrons. The van der Waals surface area contributed by atoms with Gasteiger partial charge in [-0.2, -0.15) is 0 Å². The van der Waals surface area contributed by atoms with Gasteiger partial charge in [-0.15, -0.1) is 0 Å². The molecule has 7 rings (SSSR count). The predicted molar refractivity (Wildman–Crippen MR) is 174 cm³/mol. The van der Waals surface area contributed by atoms with Crippen molar-refractivity contribution >= 4 is 5.78 Å². The lowest BCUT2D eigenvalue weighted by molar-refractivity contribution is -0.116. The van der Waals surface area contributed by atoms with Gasteiger partial charge in [-0.3, -0.25) is 9.69 Å². The van der Waals surface area contributed by atoms with Crippen LogP contribution in [0.5, 0.6) is 0 Å². The van der Waals surface area contributed by atoms with Gasteiger partial charge < -0.3 is 14.2 Å². The minimum Gasteiger partial charge on any atom is -0.378 e. The highest BCUT2D eigenvalue weighted by Gasteiger charge is 2.57. The first-order chi connectivity index (χ1) is 21.4. The maximum atomic E-state index is 12.3. The number of rotatable bonds is 8. The third-order valence-corrected chi connectivity index (χ3v) is 13.1. The van der Waals surface area contributed by atoms with Gasteiger partial charge in [0.1, 0.15) is 0 Å². The van der Waals surface area contributed by atoms with Gasteiger partial charge in [0.2, 0.25) is 0 Å². The molecule has 5 heteroatoms. The normalized spacial score (nSPS) is 40.5. The van der Waals surface area contributed by atoms with Crippen molar-refractivity contribution < 1.29 is 19.0 Å². The number of likely N-dealkylation sites (tertiary alicyclic amines) is 1. The molecule has 0 amide bonds. The van der Waals surface area contributed by atoms with E-state index in [0.29, 0.717) is 49.6 Å². The second kappa shape index (κ2) is 12.8. The standard InChI is InChI=1S/C39H55NO4/c1-27-25-39(16-7-11-32-33-14-13-30-23-31(41)15-17-38(30,3)35(33)24-34(27)32)28(2)37-36(44-39)12-8-18-40(37)19-20-42-21-22-43-26-29-9-5-4-6-10-29/h4-6,9-10,23,28,32-33,35-37H,7-8,11-22,24-26H2,1-3H3/b34-27-. The van der Waals surface area contributed by atoms with E-state index in [4.69, 9.17) is 14.2 Å². The summed E-state index contributed by atoms with van der Waals surface area (Å²) in [6.45, 7) is 12.3. The Morgan fingerprint density at radius 2 is 1.84 bits per heavy atom. The number of ketones is 1. The first-order valence-electron chi connectivity index (χ1n) is 17.9. The van der Waals surface area contributed by atoms with Gasteiger partial charge in [0.05, 0.1) is 38.1 Å². The second-order valence-corrected chi connectivity index (χ2v) is 15.4. The molecule has 2 saturated heterocycles. The lowest BCUT2D eigenvalue weighted by Crippen LogP contribution is -2.50. The van der Waals surface area contributed by atoms with Crippen LogP contribution in [0.15, 0.2) is 53.1 Å². The highest BCUT2D eigenvalue weighted by atomic mass is 16.5. The van der Waals surface area contributed by atoms with E-state index < -0.39 is 0 Å². The zero-order chi connectivity index (χ0) is 30.3. The number of fused-ring (bicyclic) bond motifs is 6. The molecule has 5 nitrogen and oxygen atoms in total. The molecule has 8 atom stereocenters. The van der Waals surface area contributed by atoms with Gasteiger partial charge in [0.25, 0.3) is 0 Å². The molecule has 4 fully saturated rings. The molecule has 0 aromatic heterocycles. The number of hydrogen-bond donors (Lipinski definition) is 0. The van der Waals surface area contributed by atoms with E-state index in [0.717, 1.165) is 57.2 Å². The third kappa shape index (κ3) is 5.69. The summed E-state index contributed by atoms with van der Waals surface area (Å²) in [6.07, 6.45) is 15.2. The van der Waals surface area contributed by atoms with Gasteiger partial charge in [0, 0.05) is 24.9 Å². The Balaban J connectivity index is 0.984. The van der Waals surface area contributed by atoms with Crippen molar-refractivity contribution in [3.63, 3.8) is 0 Å². The number of ether oxygens (including phenoxy) is 3. The van der Waals surface area contributed by atoms with Gasteiger partial charge in [-0.1, -0.05) is 60.9 Å². The molecule has 2 saturated carbocycles. The molecule has 1 spiro atoms. The van der Waals surface area contributed by atoms with Crippen LogP contribution in [0, 0.1) is 29.1 Å². The smallest absolute Gasteiger partial charge is 0.155 e. The minimum absolute atomic E-state index is 0.0356. The number of nitrogens with zero attached hydrogens (tertiary/aromatic N) is 1. The van der Waals surface area contributed by atoms with Crippen LogP contribution in [-0.2, 0) is 25.6 Å². The number of benzene rings is 1. The van der Waals surface area contributed by atoms with Crippen molar-refractivity contribution in [3.05, 3.63) is 58.7 Å². The second-order valence-electron chi connectivity index (χ2n) is 15.4. The Labute approximate surface area is 265 Å². The molecule has 44 heavy (non-hydrogen) atoms. The summed E-state index contributed by atoms with van der Waals surface area (Å²) in [6, 6.07) is 10.8. The quantitative estimate of drug-likeness (QED) is 0.226. The average molecular weight is 602 g/mol. The number of carbonyl (C=O) groups is 1. The maximum absolute atomic E-state index is 12.3. The largest absolute Gasteiger partial charge is 0.378 e. The topological polar surface area (TPSA) is 48.0 Å². The number of carbonyl (C=O) groups excluding carboxylic acids is 1. The number of hydrogen-bond acceptors (Lipinski definition) is 5. The van der Waals surface area contributed by atoms with Crippen molar-refractivity contribution in [1.82, 2.24) is 4.90 Å². The summed E-state index contributed by atoms with van der Waals surface area (Å²) in [4.78, 5) is 15.0. The molecule has 8 unspecified atom stereocenters. The van der Waals surface area contributed by atoms with E-state index in [1.165, 1.54) is 56.1 Å². The van der Waals surface area contributed by atoms with Crippen LogP contribution >= 0.6 is 0 Å². The highest BCUT2D eigenvalue weighted by molar-refractivity contribution is 5.91. The van der Waals surface area contributed by atoms with Crippen LogP contribution in [-0.4, -0.2) is 61.3 Å². The fraction of sp³-hybridized carbons (Fsp3) is 0.718. The molecule has 2 heterocycles. The summed E-state index contributed by atoms with van der Waals surface area (Å²) in [5.74, 6) is 3.14. The number of allylic oxidation sites excluding steroid dienone is 3. The molecular weight excluding hydrogens is 546 g/mol. The van der Waals surface area contributed by atoms with Crippen molar-refractivity contribution in [1.29, 1.82) is 0 Å². The van der Waals surface area contributed by atoms with E-state index in [9.17, 15) is 4.79 Å². The van der Waals surface area contributed by atoms with Crippen molar-refractivity contribution in [2.75, 3.05) is 32.9 Å². The Kier molecular flexibility index (Phi) is 8.96. The van der Waals surface area contributed by atoms with E-state index in [-0.39, 0.29) is 11.0 Å². The van der Waals surface area contributed by atoms with E-state index in [1.807, 2.05) is 12.1 Å². The summed E-state index contributed by atoms with van der Waals surface area (Å²) in [5, 5.41) is 0. The first kappa shape index (κ1) is 30.8. The van der Waals surface area contributed by atoms with Crippen LogP contribution in [0.1, 0.15) is 97.0 Å². The maximum Gasteiger partial charge on any atom is 0.155 e. The first-order valence-corrected chi connectivity index (χ1v) is 17.9. The summed E-state index contributed by atoms with van der Waals surface area (Å²) < 4.78 is 19.1. The molecule has 1 aromatic rings. The Morgan fingerprint density at radius 3 is 2.70 bits per heavy atom. The fourth-order valence-electron chi connectivity index (χ4n) is 10.9. The van der Waals surface area contributed by atoms with Crippen molar-refractivity contribution in [2.45, 2.75) is 116 Å². The van der Waals surface area contributed by atoms with E-state index in [1.54, 1.807) is 11.1 Å².